The summed E-state index contributed by atoms with van der Waals surface area (Å²) < 4.78 is 1.26. The van der Waals surface area contributed by atoms with Gasteiger partial charge < -0.3 is 26.0 Å². The highest BCUT2D eigenvalue weighted by atomic mass is 35.5. The number of carbonyl (C=O) groups is 2. The van der Waals surface area contributed by atoms with E-state index in [1.165, 1.54) is 16.2 Å². The van der Waals surface area contributed by atoms with Crippen LogP contribution in [0.1, 0.15) is 27.7 Å². The van der Waals surface area contributed by atoms with Gasteiger partial charge in [-0.15, -0.1) is 23.7 Å². The van der Waals surface area contributed by atoms with Crippen molar-refractivity contribution >= 4 is 69.0 Å². The van der Waals surface area contributed by atoms with Crippen molar-refractivity contribution in [3.8, 4) is 0 Å². The number of carbonyl (C=O) groups excluding carboxylic acids is 2. The van der Waals surface area contributed by atoms with Crippen LogP contribution in [0, 0.1) is 0 Å². The zero-order chi connectivity index (χ0) is 21.6. The number of hydrogen-bond donors (Lipinski definition) is 4. The molecule has 1 aliphatic rings. The fourth-order valence-corrected chi connectivity index (χ4v) is 5.43. The number of benzene rings is 1. The van der Waals surface area contributed by atoms with Gasteiger partial charge in [-0.1, -0.05) is 47.5 Å². The minimum Gasteiger partial charge on any atom is -0.394 e. The van der Waals surface area contributed by atoms with Gasteiger partial charge in [0.05, 0.1) is 33.9 Å². The third-order valence-corrected chi connectivity index (χ3v) is 7.34. The number of aromatic amines is 1. The Labute approximate surface area is 198 Å². The van der Waals surface area contributed by atoms with Crippen LogP contribution < -0.4 is 11.1 Å². The monoisotopic (exact) mass is 502 g/mol. The van der Waals surface area contributed by atoms with Crippen LogP contribution in [0.3, 0.4) is 0 Å². The first-order valence-corrected chi connectivity index (χ1v) is 10.9. The number of aromatic nitrogens is 1. The van der Waals surface area contributed by atoms with E-state index in [-0.39, 0.29) is 30.3 Å². The first-order chi connectivity index (χ1) is 14.3. The Morgan fingerprint density at radius 2 is 2.10 bits per heavy atom. The number of amides is 2. The number of halogens is 3. The van der Waals surface area contributed by atoms with Gasteiger partial charge in [0.2, 0.25) is 5.91 Å². The molecule has 166 valence electrons. The zero-order valence-electron chi connectivity index (χ0n) is 16.4. The lowest BCUT2D eigenvalue weighted by Crippen LogP contribution is -2.50. The predicted octanol–water partition coefficient (Wildman–Crippen LogP) is 3.13. The van der Waals surface area contributed by atoms with Gasteiger partial charge in [0, 0.05) is 7.05 Å². The molecular weight excluding hydrogens is 483 g/mol. The number of hydrogen-bond acceptors (Lipinski definition) is 5. The minimum atomic E-state index is -1.01. The van der Waals surface area contributed by atoms with Gasteiger partial charge >= 0.3 is 0 Å². The molecule has 0 aliphatic heterocycles. The van der Waals surface area contributed by atoms with Crippen molar-refractivity contribution in [3.05, 3.63) is 56.5 Å². The fraction of sp³-hybridized carbons (Fsp3) is 0.300. The van der Waals surface area contributed by atoms with E-state index in [1.807, 2.05) is 24.3 Å². The lowest BCUT2D eigenvalue weighted by Gasteiger charge is -2.32. The van der Waals surface area contributed by atoms with Crippen LogP contribution >= 0.6 is 46.9 Å². The number of aliphatic hydroxyl groups excluding tert-OH is 1. The Morgan fingerprint density at radius 3 is 2.77 bits per heavy atom. The van der Waals surface area contributed by atoms with E-state index < -0.39 is 18.7 Å². The molecule has 0 unspecified atom stereocenters. The number of fused-ring (bicyclic) bond motifs is 2. The van der Waals surface area contributed by atoms with Gasteiger partial charge in [0.15, 0.2) is 0 Å². The summed E-state index contributed by atoms with van der Waals surface area (Å²) in [7, 11) is 1.64. The third kappa shape index (κ3) is 4.28. The lowest BCUT2D eigenvalue weighted by atomic mass is 10.0. The summed E-state index contributed by atoms with van der Waals surface area (Å²) in [6.45, 7) is -0.447. The molecule has 7 nitrogen and oxygen atoms in total. The molecule has 3 aromatic rings. The largest absolute Gasteiger partial charge is 0.394 e. The topological polar surface area (TPSA) is 111 Å². The van der Waals surface area contributed by atoms with Gasteiger partial charge in [-0.3, -0.25) is 9.59 Å². The predicted molar refractivity (Wildman–Crippen MR) is 125 cm³/mol. The number of nitrogens with one attached hydrogen (secondary N) is 2. The molecule has 0 fully saturated rings. The number of H-pyrrole nitrogens is 1. The molecule has 1 aromatic carbocycles. The van der Waals surface area contributed by atoms with E-state index in [0.29, 0.717) is 27.0 Å². The van der Waals surface area contributed by atoms with Gasteiger partial charge in [-0.25, -0.2) is 0 Å². The van der Waals surface area contributed by atoms with Crippen molar-refractivity contribution in [2.24, 2.45) is 5.73 Å². The van der Waals surface area contributed by atoms with Crippen molar-refractivity contribution in [1.29, 1.82) is 0 Å². The Hall–Kier alpha value is -1.81. The Bertz CT molecular complexity index is 1130. The van der Waals surface area contributed by atoms with E-state index in [0.717, 1.165) is 15.8 Å². The zero-order valence-corrected chi connectivity index (χ0v) is 19.5. The van der Waals surface area contributed by atoms with Crippen molar-refractivity contribution in [2.75, 3.05) is 13.7 Å². The highest BCUT2D eigenvalue weighted by Gasteiger charge is 2.39. The number of rotatable bonds is 5. The molecular formula is C20H21Cl3N4O3S. The van der Waals surface area contributed by atoms with E-state index >= 15 is 0 Å². The summed E-state index contributed by atoms with van der Waals surface area (Å²) in [6, 6.07) is 7.68. The molecule has 2 heterocycles. The molecule has 0 saturated carbocycles. The highest BCUT2D eigenvalue weighted by molar-refractivity contribution is 7.23. The number of likely N-dealkylation sites (N-methyl/N-ethyl adjacent to an activating group) is 1. The first-order valence-electron chi connectivity index (χ1n) is 9.30. The van der Waals surface area contributed by atoms with Crippen molar-refractivity contribution < 1.29 is 14.7 Å². The number of aliphatic hydroxyl groups is 1. The lowest BCUT2D eigenvalue weighted by molar-refractivity contribution is -0.134. The molecule has 2 aromatic heterocycles. The average molecular weight is 504 g/mol. The molecule has 11 heteroatoms. The van der Waals surface area contributed by atoms with E-state index in [9.17, 15) is 14.7 Å². The molecule has 1 aliphatic carbocycles. The SMILES string of the molecule is CN(C(=O)[C@@H](N)CO)[C@H]1c2ccccc2C[C@H]1NC(=O)c1cc2sc(Cl)c(Cl)c2[nH]1.Cl. The molecule has 3 atom stereocenters. The van der Waals surface area contributed by atoms with Crippen LogP contribution in [0.5, 0.6) is 0 Å². The summed E-state index contributed by atoms with van der Waals surface area (Å²) in [5, 5.41) is 12.7. The Kier molecular flexibility index (Phi) is 7.20. The van der Waals surface area contributed by atoms with E-state index in [4.69, 9.17) is 28.9 Å². The smallest absolute Gasteiger partial charge is 0.268 e. The number of thiophene rings is 1. The van der Waals surface area contributed by atoms with Gasteiger partial charge in [-0.05, 0) is 23.6 Å². The summed E-state index contributed by atoms with van der Waals surface area (Å²) >= 11 is 13.5. The second-order valence-corrected chi connectivity index (χ2v) is 9.31. The summed E-state index contributed by atoms with van der Waals surface area (Å²) in [4.78, 5) is 30.1. The normalized spacial score (nSPS) is 18.4. The van der Waals surface area contributed by atoms with Crippen LogP contribution in [-0.2, 0) is 11.2 Å². The summed E-state index contributed by atoms with van der Waals surface area (Å²) in [5.74, 6) is -0.694. The van der Waals surface area contributed by atoms with Crippen molar-refractivity contribution in [3.63, 3.8) is 0 Å². The van der Waals surface area contributed by atoms with Crippen LogP contribution in [0.4, 0.5) is 0 Å². The molecule has 5 N–H and O–H groups in total. The maximum Gasteiger partial charge on any atom is 0.268 e. The molecule has 0 saturated heterocycles. The van der Waals surface area contributed by atoms with Crippen LogP contribution in [0.2, 0.25) is 9.36 Å². The van der Waals surface area contributed by atoms with Gasteiger partial charge in [0.25, 0.3) is 5.91 Å². The third-order valence-electron chi connectivity index (χ3n) is 5.41. The van der Waals surface area contributed by atoms with Crippen molar-refractivity contribution in [1.82, 2.24) is 15.2 Å². The number of nitrogens with zero attached hydrogens (tertiary/aromatic N) is 1. The van der Waals surface area contributed by atoms with Gasteiger partial charge in [-0.2, -0.15) is 0 Å². The Balaban J connectivity index is 0.00000272. The fourth-order valence-electron chi connectivity index (χ4n) is 3.95. The van der Waals surface area contributed by atoms with Crippen LogP contribution in [-0.4, -0.2) is 52.5 Å². The molecule has 0 bridgehead atoms. The standard InChI is InChI=1S/C20H20Cl2N4O3S.ClH/c1-26(20(29)11(23)8-27)17-10-5-3-2-4-9(10)6-12(17)25-19(28)13-7-14-16(24-13)15(21)18(22)30-14;/h2-5,7,11-12,17,24,27H,6,8,23H2,1H3,(H,25,28);1H/t11-,12+,17-;/m0./s1. The molecule has 0 spiro atoms. The molecule has 31 heavy (non-hydrogen) atoms. The van der Waals surface area contributed by atoms with Crippen LogP contribution in [0.25, 0.3) is 10.2 Å². The molecule has 2 amide bonds. The second kappa shape index (κ2) is 9.36. The average Bonchev–Trinajstić information content (AvgIpc) is 3.39. The number of nitrogens with two attached hydrogens (primary N) is 1. The highest BCUT2D eigenvalue weighted by Crippen LogP contribution is 2.39. The van der Waals surface area contributed by atoms with E-state index in [2.05, 4.69) is 10.3 Å². The summed E-state index contributed by atoms with van der Waals surface area (Å²) in [5.41, 5.74) is 8.74. The maximum absolute atomic E-state index is 13.0. The molecule has 0 radical (unpaired) electrons. The van der Waals surface area contributed by atoms with Crippen LogP contribution in [0.15, 0.2) is 30.3 Å². The molecule has 4 rings (SSSR count). The maximum atomic E-state index is 13.0. The first kappa shape index (κ1) is 23.8. The Morgan fingerprint density at radius 1 is 1.39 bits per heavy atom. The minimum absolute atomic E-state index is 0. The van der Waals surface area contributed by atoms with E-state index in [1.54, 1.807) is 13.1 Å². The second-order valence-electron chi connectivity index (χ2n) is 7.28. The summed E-state index contributed by atoms with van der Waals surface area (Å²) in [6.07, 6.45) is 0.570. The van der Waals surface area contributed by atoms with Gasteiger partial charge in [0.1, 0.15) is 16.1 Å². The van der Waals surface area contributed by atoms with Crippen molar-refractivity contribution in [2.45, 2.75) is 24.5 Å². The quantitative estimate of drug-likeness (QED) is 0.428.